The second-order valence-electron chi connectivity index (χ2n) is 4.46. The van der Waals surface area contributed by atoms with Gasteiger partial charge in [0.05, 0.1) is 11.2 Å². The SMILES string of the molecule is Cc1ncsc1CCC(N)Cc1ccccc1Cl. The number of nitrogens with zero attached hydrogens (tertiary/aromatic N) is 1. The van der Waals surface area contributed by atoms with Crippen LogP contribution in [-0.2, 0) is 12.8 Å². The van der Waals surface area contributed by atoms with Gasteiger partial charge in [0.1, 0.15) is 0 Å². The third kappa shape index (κ3) is 3.55. The van der Waals surface area contributed by atoms with Gasteiger partial charge in [-0.3, -0.25) is 0 Å². The molecule has 0 fully saturated rings. The number of aryl methyl sites for hydroxylation is 2. The smallest absolute Gasteiger partial charge is 0.0797 e. The fourth-order valence-corrected chi connectivity index (χ4v) is 2.94. The van der Waals surface area contributed by atoms with Gasteiger partial charge in [0, 0.05) is 15.9 Å². The predicted molar refractivity (Wildman–Crippen MR) is 78.3 cm³/mol. The van der Waals surface area contributed by atoms with E-state index in [2.05, 4.69) is 4.98 Å². The monoisotopic (exact) mass is 280 g/mol. The Morgan fingerprint density at radius 2 is 2.17 bits per heavy atom. The normalized spacial score (nSPS) is 12.6. The van der Waals surface area contributed by atoms with Crippen molar-refractivity contribution in [2.45, 2.75) is 32.2 Å². The maximum atomic E-state index is 6.17. The van der Waals surface area contributed by atoms with Crippen LogP contribution < -0.4 is 5.73 Å². The van der Waals surface area contributed by atoms with Gasteiger partial charge in [0.15, 0.2) is 0 Å². The van der Waals surface area contributed by atoms with Gasteiger partial charge in [-0.1, -0.05) is 29.8 Å². The van der Waals surface area contributed by atoms with Gasteiger partial charge >= 0.3 is 0 Å². The lowest BCUT2D eigenvalue weighted by Gasteiger charge is -2.12. The van der Waals surface area contributed by atoms with Crippen LogP contribution in [0, 0.1) is 6.92 Å². The molecule has 1 heterocycles. The van der Waals surface area contributed by atoms with E-state index in [1.807, 2.05) is 36.7 Å². The van der Waals surface area contributed by atoms with E-state index < -0.39 is 0 Å². The molecule has 0 bridgehead atoms. The van der Waals surface area contributed by atoms with Gasteiger partial charge in [-0.2, -0.15) is 0 Å². The van der Waals surface area contributed by atoms with Gasteiger partial charge in [-0.15, -0.1) is 11.3 Å². The van der Waals surface area contributed by atoms with Crippen LogP contribution in [0.25, 0.3) is 0 Å². The molecule has 0 aliphatic heterocycles. The van der Waals surface area contributed by atoms with E-state index in [0.717, 1.165) is 35.5 Å². The Balaban J connectivity index is 1.88. The van der Waals surface area contributed by atoms with Crippen LogP contribution >= 0.6 is 22.9 Å². The summed E-state index contributed by atoms with van der Waals surface area (Å²) < 4.78 is 0. The third-order valence-corrected chi connectivity index (χ3v) is 4.39. The van der Waals surface area contributed by atoms with Gasteiger partial charge < -0.3 is 5.73 Å². The molecule has 4 heteroatoms. The molecule has 0 aliphatic carbocycles. The minimum absolute atomic E-state index is 0.145. The zero-order valence-electron chi connectivity index (χ0n) is 10.4. The molecule has 0 spiro atoms. The first-order valence-electron chi connectivity index (χ1n) is 6.04. The van der Waals surface area contributed by atoms with Crippen molar-refractivity contribution in [3.05, 3.63) is 50.9 Å². The molecular formula is C14H17ClN2S. The molecule has 96 valence electrons. The third-order valence-electron chi connectivity index (χ3n) is 3.03. The quantitative estimate of drug-likeness (QED) is 0.909. The van der Waals surface area contributed by atoms with Crippen molar-refractivity contribution in [3.8, 4) is 0 Å². The highest BCUT2D eigenvalue weighted by atomic mass is 35.5. The second kappa shape index (κ2) is 6.32. The summed E-state index contributed by atoms with van der Waals surface area (Å²) in [6, 6.07) is 8.04. The van der Waals surface area contributed by atoms with Crippen LogP contribution in [0.15, 0.2) is 29.8 Å². The van der Waals surface area contributed by atoms with Gasteiger partial charge in [-0.05, 0) is 37.8 Å². The van der Waals surface area contributed by atoms with Gasteiger partial charge in [0.2, 0.25) is 0 Å². The highest BCUT2D eigenvalue weighted by molar-refractivity contribution is 7.09. The largest absolute Gasteiger partial charge is 0.327 e. The summed E-state index contributed by atoms with van der Waals surface area (Å²) in [4.78, 5) is 5.59. The zero-order valence-corrected chi connectivity index (χ0v) is 12.0. The Morgan fingerprint density at radius 1 is 1.39 bits per heavy atom. The molecule has 18 heavy (non-hydrogen) atoms. The molecule has 1 aromatic heterocycles. The molecule has 1 unspecified atom stereocenters. The van der Waals surface area contributed by atoms with E-state index in [1.54, 1.807) is 11.3 Å². The van der Waals surface area contributed by atoms with E-state index in [-0.39, 0.29) is 6.04 Å². The lowest BCUT2D eigenvalue weighted by molar-refractivity contribution is 0.612. The highest BCUT2D eigenvalue weighted by Gasteiger charge is 2.09. The van der Waals surface area contributed by atoms with Crippen molar-refractivity contribution in [1.29, 1.82) is 0 Å². The Hall–Kier alpha value is -0.900. The molecule has 2 aromatic rings. The van der Waals surface area contributed by atoms with E-state index in [1.165, 1.54) is 4.88 Å². The van der Waals surface area contributed by atoms with Crippen LogP contribution in [0.4, 0.5) is 0 Å². The minimum atomic E-state index is 0.145. The predicted octanol–water partition coefficient (Wildman–Crippen LogP) is 3.61. The molecule has 2 N–H and O–H groups in total. The van der Waals surface area contributed by atoms with Crippen molar-refractivity contribution in [2.24, 2.45) is 5.73 Å². The summed E-state index contributed by atoms with van der Waals surface area (Å²) in [7, 11) is 0. The summed E-state index contributed by atoms with van der Waals surface area (Å²) in [6.45, 7) is 2.05. The van der Waals surface area contributed by atoms with Crippen LogP contribution in [0.1, 0.15) is 22.6 Å². The molecule has 0 amide bonds. The van der Waals surface area contributed by atoms with Crippen molar-refractivity contribution in [1.82, 2.24) is 4.98 Å². The average molecular weight is 281 g/mol. The Kier molecular flexibility index (Phi) is 4.75. The lowest BCUT2D eigenvalue weighted by atomic mass is 10.0. The zero-order chi connectivity index (χ0) is 13.0. The van der Waals surface area contributed by atoms with Crippen LogP contribution in [-0.4, -0.2) is 11.0 Å². The maximum absolute atomic E-state index is 6.17. The molecule has 0 saturated carbocycles. The van der Waals surface area contributed by atoms with Crippen LogP contribution in [0.5, 0.6) is 0 Å². The van der Waals surface area contributed by atoms with E-state index in [9.17, 15) is 0 Å². The first kappa shape index (κ1) is 13.5. The van der Waals surface area contributed by atoms with Crippen molar-refractivity contribution in [2.75, 3.05) is 0 Å². The number of rotatable bonds is 5. The molecule has 0 aliphatic rings. The average Bonchev–Trinajstić information content (AvgIpc) is 2.75. The van der Waals surface area contributed by atoms with E-state index in [4.69, 9.17) is 17.3 Å². The fourth-order valence-electron chi connectivity index (χ4n) is 1.93. The molecular weight excluding hydrogens is 264 g/mol. The first-order valence-corrected chi connectivity index (χ1v) is 7.30. The number of benzene rings is 1. The standard InChI is InChI=1S/C14H17ClN2S/c1-10-14(18-9-17-10)7-6-12(16)8-11-4-2-3-5-13(11)15/h2-5,9,12H,6-8,16H2,1H3. The van der Waals surface area contributed by atoms with Gasteiger partial charge in [-0.25, -0.2) is 4.98 Å². The van der Waals surface area contributed by atoms with Crippen LogP contribution in [0.2, 0.25) is 5.02 Å². The topological polar surface area (TPSA) is 38.9 Å². The van der Waals surface area contributed by atoms with Crippen molar-refractivity contribution < 1.29 is 0 Å². The summed E-state index contributed by atoms with van der Waals surface area (Å²) in [5.74, 6) is 0. The number of hydrogen-bond donors (Lipinski definition) is 1. The Morgan fingerprint density at radius 3 is 2.83 bits per heavy atom. The highest BCUT2D eigenvalue weighted by Crippen LogP contribution is 2.19. The summed E-state index contributed by atoms with van der Waals surface area (Å²) in [5, 5.41) is 0.807. The number of aromatic nitrogens is 1. The summed E-state index contributed by atoms with van der Waals surface area (Å²) in [6.07, 6.45) is 2.80. The Labute approximate surface area is 117 Å². The van der Waals surface area contributed by atoms with Crippen LogP contribution in [0.3, 0.4) is 0 Å². The van der Waals surface area contributed by atoms with E-state index in [0.29, 0.717) is 0 Å². The molecule has 1 atom stereocenters. The van der Waals surface area contributed by atoms with Crippen molar-refractivity contribution in [3.63, 3.8) is 0 Å². The molecule has 1 aromatic carbocycles. The summed E-state index contributed by atoms with van der Waals surface area (Å²) in [5.41, 5.74) is 10.3. The molecule has 0 saturated heterocycles. The van der Waals surface area contributed by atoms with Gasteiger partial charge in [0.25, 0.3) is 0 Å². The fraction of sp³-hybridized carbons (Fsp3) is 0.357. The lowest BCUT2D eigenvalue weighted by Crippen LogP contribution is -2.23. The summed E-state index contributed by atoms with van der Waals surface area (Å²) >= 11 is 7.84. The molecule has 2 nitrogen and oxygen atoms in total. The number of thiazole rings is 1. The number of halogens is 1. The Bertz CT molecular complexity index is 510. The van der Waals surface area contributed by atoms with E-state index >= 15 is 0 Å². The number of nitrogens with two attached hydrogens (primary N) is 1. The first-order chi connectivity index (χ1) is 8.66. The number of hydrogen-bond acceptors (Lipinski definition) is 3. The molecule has 2 rings (SSSR count). The molecule has 0 radical (unpaired) electrons. The maximum Gasteiger partial charge on any atom is 0.0797 e. The van der Waals surface area contributed by atoms with Crippen molar-refractivity contribution >= 4 is 22.9 Å². The second-order valence-corrected chi connectivity index (χ2v) is 5.80. The minimum Gasteiger partial charge on any atom is -0.327 e.